The second-order valence-corrected chi connectivity index (χ2v) is 6.36. The molecule has 0 aliphatic carbocycles. The zero-order valence-electron chi connectivity index (χ0n) is 14.1. The number of esters is 1. The third kappa shape index (κ3) is 5.48. The van der Waals surface area contributed by atoms with E-state index in [1.807, 2.05) is 13.0 Å². The van der Waals surface area contributed by atoms with E-state index < -0.39 is 0 Å². The second-order valence-electron chi connectivity index (χ2n) is 5.55. The monoisotopic (exact) mass is 379 g/mol. The molecule has 0 heterocycles. The van der Waals surface area contributed by atoms with Crippen LogP contribution < -0.4 is 5.32 Å². The first kappa shape index (κ1) is 19.3. The number of hydrogen-bond acceptors (Lipinski definition) is 3. The van der Waals surface area contributed by atoms with Crippen LogP contribution in [0.3, 0.4) is 0 Å². The molecular weight excluding hydrogens is 361 g/mol. The molecule has 2 aromatic rings. The van der Waals surface area contributed by atoms with E-state index in [9.17, 15) is 9.59 Å². The highest BCUT2D eigenvalue weighted by Gasteiger charge is 2.10. The van der Waals surface area contributed by atoms with Gasteiger partial charge in [0, 0.05) is 12.1 Å². The number of benzene rings is 2. The Morgan fingerprint density at radius 2 is 1.84 bits per heavy atom. The lowest BCUT2D eigenvalue weighted by molar-refractivity contribution is -0.116. The second kappa shape index (κ2) is 8.88. The first-order chi connectivity index (χ1) is 11.9. The lowest BCUT2D eigenvalue weighted by Crippen LogP contribution is -2.14. The molecule has 0 aliphatic heterocycles. The summed E-state index contributed by atoms with van der Waals surface area (Å²) in [6.07, 6.45) is 0.875. The maximum Gasteiger partial charge on any atom is 0.338 e. The third-order valence-electron chi connectivity index (χ3n) is 3.64. The van der Waals surface area contributed by atoms with Gasteiger partial charge in [-0.25, -0.2) is 4.79 Å². The highest BCUT2D eigenvalue weighted by Crippen LogP contribution is 2.23. The molecule has 0 unspecified atom stereocenters. The summed E-state index contributed by atoms with van der Waals surface area (Å²) >= 11 is 11.9. The van der Waals surface area contributed by atoms with Crippen LogP contribution in [0.15, 0.2) is 36.4 Å². The van der Waals surface area contributed by atoms with Crippen molar-refractivity contribution < 1.29 is 14.3 Å². The highest BCUT2D eigenvalue weighted by molar-refractivity contribution is 6.42. The SMILES string of the molecule is CCOC(=O)c1ccc(NC(=O)CCc2ccc(Cl)c(Cl)c2)c(C)c1. The Bertz CT molecular complexity index is 790. The lowest BCUT2D eigenvalue weighted by atomic mass is 10.1. The first-order valence-corrected chi connectivity index (χ1v) is 8.68. The van der Waals surface area contributed by atoms with E-state index in [1.54, 1.807) is 37.3 Å². The fourth-order valence-corrected chi connectivity index (χ4v) is 2.63. The van der Waals surface area contributed by atoms with Crippen molar-refractivity contribution in [2.24, 2.45) is 0 Å². The van der Waals surface area contributed by atoms with E-state index in [0.717, 1.165) is 11.1 Å². The predicted molar refractivity (Wildman–Crippen MR) is 101 cm³/mol. The Labute approximate surface area is 157 Å². The van der Waals surface area contributed by atoms with Crippen molar-refractivity contribution in [2.45, 2.75) is 26.7 Å². The van der Waals surface area contributed by atoms with Crippen LogP contribution in [0.2, 0.25) is 10.0 Å². The van der Waals surface area contributed by atoms with Gasteiger partial charge >= 0.3 is 5.97 Å². The van der Waals surface area contributed by atoms with Gasteiger partial charge in [-0.15, -0.1) is 0 Å². The molecule has 0 aliphatic rings. The van der Waals surface area contributed by atoms with Gasteiger partial charge in [-0.3, -0.25) is 4.79 Å². The molecule has 1 amide bonds. The Morgan fingerprint density at radius 1 is 1.08 bits per heavy atom. The molecule has 6 heteroatoms. The van der Waals surface area contributed by atoms with Crippen LogP contribution in [0, 0.1) is 6.92 Å². The maximum atomic E-state index is 12.1. The number of rotatable bonds is 6. The number of anilines is 1. The van der Waals surface area contributed by atoms with Crippen LogP contribution in [-0.2, 0) is 16.0 Å². The van der Waals surface area contributed by atoms with Crippen molar-refractivity contribution in [3.8, 4) is 0 Å². The van der Waals surface area contributed by atoms with Gasteiger partial charge in [0.1, 0.15) is 0 Å². The number of hydrogen-bond donors (Lipinski definition) is 1. The minimum absolute atomic E-state index is 0.113. The minimum atomic E-state index is -0.372. The highest BCUT2D eigenvalue weighted by atomic mass is 35.5. The average Bonchev–Trinajstić information content (AvgIpc) is 2.58. The minimum Gasteiger partial charge on any atom is -0.462 e. The number of carbonyl (C=O) groups is 2. The van der Waals surface area contributed by atoms with Crippen LogP contribution >= 0.6 is 23.2 Å². The molecule has 0 aromatic heterocycles. The van der Waals surface area contributed by atoms with E-state index in [2.05, 4.69) is 5.32 Å². The summed E-state index contributed by atoms with van der Waals surface area (Å²) in [5.74, 6) is -0.485. The predicted octanol–water partition coefficient (Wildman–Crippen LogP) is 5.05. The fourth-order valence-electron chi connectivity index (χ4n) is 2.31. The molecule has 0 atom stereocenters. The molecular formula is C19H19Cl2NO3. The summed E-state index contributed by atoms with van der Waals surface area (Å²) in [5, 5.41) is 3.82. The van der Waals surface area contributed by atoms with Crippen molar-refractivity contribution in [1.82, 2.24) is 0 Å². The molecule has 0 saturated carbocycles. The summed E-state index contributed by atoms with van der Waals surface area (Å²) in [5.41, 5.74) is 2.88. The smallest absolute Gasteiger partial charge is 0.338 e. The Hall–Kier alpha value is -2.04. The van der Waals surface area contributed by atoms with E-state index in [4.69, 9.17) is 27.9 Å². The van der Waals surface area contributed by atoms with E-state index in [1.165, 1.54) is 0 Å². The van der Waals surface area contributed by atoms with Crippen molar-refractivity contribution >= 4 is 40.8 Å². The zero-order valence-corrected chi connectivity index (χ0v) is 15.6. The number of nitrogens with one attached hydrogen (secondary N) is 1. The Morgan fingerprint density at radius 3 is 2.48 bits per heavy atom. The summed E-state index contributed by atoms with van der Waals surface area (Å²) in [7, 11) is 0. The zero-order chi connectivity index (χ0) is 18.4. The summed E-state index contributed by atoms with van der Waals surface area (Å²) in [4.78, 5) is 23.9. The van der Waals surface area contributed by atoms with Crippen molar-refractivity contribution in [2.75, 3.05) is 11.9 Å². The normalized spacial score (nSPS) is 10.4. The molecule has 0 fully saturated rings. The van der Waals surface area contributed by atoms with E-state index in [-0.39, 0.29) is 11.9 Å². The van der Waals surface area contributed by atoms with Gasteiger partial charge in [0.05, 0.1) is 22.2 Å². The molecule has 0 spiro atoms. The van der Waals surface area contributed by atoms with Crippen molar-refractivity contribution in [3.05, 3.63) is 63.1 Å². The van der Waals surface area contributed by atoms with Gasteiger partial charge in [0.15, 0.2) is 0 Å². The van der Waals surface area contributed by atoms with Crippen LogP contribution in [0.4, 0.5) is 5.69 Å². The quantitative estimate of drug-likeness (QED) is 0.714. The summed E-state index contributed by atoms with van der Waals surface area (Å²) in [6, 6.07) is 10.4. The van der Waals surface area contributed by atoms with Gasteiger partial charge in [0.2, 0.25) is 5.91 Å². The van der Waals surface area contributed by atoms with Gasteiger partial charge in [-0.1, -0.05) is 29.3 Å². The Kier molecular flexibility index (Phi) is 6.85. The van der Waals surface area contributed by atoms with Crippen LogP contribution in [-0.4, -0.2) is 18.5 Å². The fraction of sp³-hybridized carbons (Fsp3) is 0.263. The van der Waals surface area contributed by atoms with Gasteiger partial charge in [0.25, 0.3) is 0 Å². The standard InChI is InChI=1S/C19H19Cl2NO3/c1-3-25-19(24)14-6-8-17(12(2)10-14)22-18(23)9-5-13-4-7-15(20)16(21)11-13/h4,6-8,10-11H,3,5,9H2,1-2H3,(H,22,23). The number of aryl methyl sites for hydroxylation is 2. The molecule has 4 nitrogen and oxygen atoms in total. The van der Waals surface area contributed by atoms with Gasteiger partial charge in [-0.2, -0.15) is 0 Å². The van der Waals surface area contributed by atoms with E-state index >= 15 is 0 Å². The third-order valence-corrected chi connectivity index (χ3v) is 4.38. The van der Waals surface area contributed by atoms with E-state index in [0.29, 0.717) is 40.7 Å². The van der Waals surface area contributed by atoms with Gasteiger partial charge < -0.3 is 10.1 Å². The topological polar surface area (TPSA) is 55.4 Å². The number of amides is 1. The average molecular weight is 380 g/mol. The van der Waals surface area contributed by atoms with Crippen LogP contribution in [0.25, 0.3) is 0 Å². The van der Waals surface area contributed by atoms with Crippen LogP contribution in [0.5, 0.6) is 0 Å². The number of ether oxygens (including phenoxy) is 1. The van der Waals surface area contributed by atoms with Crippen LogP contribution in [0.1, 0.15) is 34.8 Å². The largest absolute Gasteiger partial charge is 0.462 e. The van der Waals surface area contributed by atoms with Gasteiger partial charge in [-0.05, 0) is 61.7 Å². The number of halogens is 2. The molecule has 132 valence electrons. The molecule has 0 saturated heterocycles. The van der Waals surface area contributed by atoms with Crippen molar-refractivity contribution in [1.29, 1.82) is 0 Å². The molecule has 0 radical (unpaired) electrons. The molecule has 2 rings (SSSR count). The molecule has 0 bridgehead atoms. The van der Waals surface area contributed by atoms with Crippen molar-refractivity contribution in [3.63, 3.8) is 0 Å². The maximum absolute atomic E-state index is 12.1. The lowest BCUT2D eigenvalue weighted by Gasteiger charge is -2.10. The summed E-state index contributed by atoms with van der Waals surface area (Å²) in [6.45, 7) is 3.91. The molecule has 2 aromatic carbocycles. The molecule has 1 N–H and O–H groups in total. The molecule has 25 heavy (non-hydrogen) atoms. The summed E-state index contributed by atoms with van der Waals surface area (Å²) < 4.78 is 4.96. The number of carbonyl (C=O) groups excluding carboxylic acids is 2. The Balaban J connectivity index is 1.95. The first-order valence-electron chi connectivity index (χ1n) is 7.92.